The van der Waals surface area contributed by atoms with Gasteiger partial charge in [0, 0.05) is 7.05 Å². The van der Waals surface area contributed by atoms with E-state index in [0.29, 0.717) is 5.52 Å². The average molecular weight is 263 g/mol. The van der Waals surface area contributed by atoms with Crippen LogP contribution in [0.5, 0.6) is 0 Å². The summed E-state index contributed by atoms with van der Waals surface area (Å²) in [6, 6.07) is 3.89. The predicted octanol–water partition coefficient (Wildman–Crippen LogP) is 0.721. The highest BCUT2D eigenvalue weighted by atomic mass is 19.1. The molecule has 1 unspecified atom stereocenters. The molecule has 1 fully saturated rings. The first kappa shape index (κ1) is 12.1. The minimum atomic E-state index is -0.478. The van der Waals surface area contributed by atoms with Crippen molar-refractivity contribution in [2.75, 3.05) is 6.54 Å². The van der Waals surface area contributed by atoms with E-state index in [0.717, 1.165) is 19.4 Å². The number of rotatable bonds is 1. The number of nitrogens with one attached hydrogen (secondary N) is 1. The molecular weight excluding hydrogens is 249 g/mol. The predicted molar refractivity (Wildman–Crippen MR) is 69.7 cm³/mol. The summed E-state index contributed by atoms with van der Waals surface area (Å²) in [6.07, 6.45) is 1.36. The van der Waals surface area contributed by atoms with Crippen LogP contribution in [-0.4, -0.2) is 15.7 Å². The molecule has 1 aliphatic rings. The Kier molecular flexibility index (Phi) is 2.74. The SMILES string of the molecule is Cn1c(=O)n(C2CCCN2)c(=O)c2cc(F)ccc21. The Labute approximate surface area is 108 Å². The maximum Gasteiger partial charge on any atom is 0.332 e. The van der Waals surface area contributed by atoms with Crippen LogP contribution in [0.15, 0.2) is 27.8 Å². The molecule has 1 aliphatic heterocycles. The van der Waals surface area contributed by atoms with E-state index < -0.39 is 11.4 Å². The average Bonchev–Trinajstić information content (AvgIpc) is 2.90. The van der Waals surface area contributed by atoms with E-state index in [1.54, 1.807) is 7.05 Å². The van der Waals surface area contributed by atoms with Gasteiger partial charge in [-0.2, -0.15) is 0 Å². The van der Waals surface area contributed by atoms with Crippen LogP contribution < -0.4 is 16.6 Å². The number of aromatic nitrogens is 2. The van der Waals surface area contributed by atoms with Gasteiger partial charge < -0.3 is 0 Å². The van der Waals surface area contributed by atoms with Gasteiger partial charge >= 0.3 is 5.69 Å². The molecule has 1 aromatic carbocycles. The molecule has 3 rings (SSSR count). The van der Waals surface area contributed by atoms with Gasteiger partial charge in [0.25, 0.3) is 5.56 Å². The van der Waals surface area contributed by atoms with Crippen LogP contribution in [0.3, 0.4) is 0 Å². The Morgan fingerprint density at radius 1 is 1.37 bits per heavy atom. The summed E-state index contributed by atoms with van der Waals surface area (Å²) in [7, 11) is 1.59. The van der Waals surface area contributed by atoms with E-state index in [9.17, 15) is 14.0 Å². The minimum Gasteiger partial charge on any atom is -0.297 e. The first-order valence-electron chi connectivity index (χ1n) is 6.24. The number of hydrogen-bond donors (Lipinski definition) is 1. The highest BCUT2D eigenvalue weighted by Gasteiger charge is 2.22. The molecule has 1 aromatic heterocycles. The van der Waals surface area contributed by atoms with Crippen LogP contribution in [0.4, 0.5) is 4.39 Å². The Bertz CT molecular complexity index is 757. The van der Waals surface area contributed by atoms with Crippen LogP contribution in [0.25, 0.3) is 10.9 Å². The highest BCUT2D eigenvalue weighted by Crippen LogP contribution is 2.15. The van der Waals surface area contributed by atoms with Crippen molar-refractivity contribution in [2.24, 2.45) is 7.05 Å². The van der Waals surface area contributed by atoms with Gasteiger partial charge in [0.1, 0.15) is 5.82 Å². The lowest BCUT2D eigenvalue weighted by Gasteiger charge is -2.16. The molecule has 0 amide bonds. The van der Waals surface area contributed by atoms with Crippen LogP contribution >= 0.6 is 0 Å². The molecule has 6 heteroatoms. The highest BCUT2D eigenvalue weighted by molar-refractivity contribution is 5.77. The molecule has 0 saturated carbocycles. The molecule has 2 heterocycles. The lowest BCUT2D eigenvalue weighted by molar-refractivity contribution is 0.429. The van der Waals surface area contributed by atoms with Crippen LogP contribution in [0.2, 0.25) is 0 Å². The molecule has 1 N–H and O–H groups in total. The van der Waals surface area contributed by atoms with Gasteiger partial charge in [-0.15, -0.1) is 0 Å². The fourth-order valence-corrected chi connectivity index (χ4v) is 2.61. The van der Waals surface area contributed by atoms with E-state index >= 15 is 0 Å². The summed E-state index contributed by atoms with van der Waals surface area (Å²) in [6.45, 7) is 0.779. The summed E-state index contributed by atoms with van der Waals surface area (Å²) in [5.74, 6) is -0.478. The Balaban J connectivity index is 2.39. The zero-order valence-corrected chi connectivity index (χ0v) is 10.5. The molecule has 19 heavy (non-hydrogen) atoms. The first-order chi connectivity index (χ1) is 9.09. The molecule has 2 aromatic rings. The number of hydrogen-bond acceptors (Lipinski definition) is 3. The zero-order chi connectivity index (χ0) is 13.6. The van der Waals surface area contributed by atoms with Crippen LogP contribution in [0, 0.1) is 5.82 Å². The molecular formula is C13H14FN3O2. The summed E-state index contributed by atoms with van der Waals surface area (Å²) in [4.78, 5) is 24.7. The fraction of sp³-hybridized carbons (Fsp3) is 0.385. The molecule has 0 radical (unpaired) electrons. The zero-order valence-electron chi connectivity index (χ0n) is 10.5. The lowest BCUT2D eigenvalue weighted by atomic mass is 10.2. The molecule has 0 bridgehead atoms. The number of halogens is 1. The van der Waals surface area contributed by atoms with Crippen molar-refractivity contribution in [1.82, 2.24) is 14.5 Å². The molecule has 1 saturated heterocycles. The van der Waals surface area contributed by atoms with Crippen molar-refractivity contribution in [3.8, 4) is 0 Å². The van der Waals surface area contributed by atoms with Crippen molar-refractivity contribution in [3.63, 3.8) is 0 Å². The van der Waals surface area contributed by atoms with Gasteiger partial charge in [-0.05, 0) is 37.6 Å². The Morgan fingerprint density at radius 2 is 2.16 bits per heavy atom. The third-order valence-corrected chi connectivity index (χ3v) is 3.61. The minimum absolute atomic E-state index is 0.232. The number of aryl methyl sites for hydroxylation is 1. The molecule has 0 spiro atoms. The van der Waals surface area contributed by atoms with Crippen molar-refractivity contribution in [1.29, 1.82) is 0 Å². The van der Waals surface area contributed by atoms with Gasteiger partial charge in [-0.25, -0.2) is 13.8 Å². The van der Waals surface area contributed by atoms with Crippen molar-refractivity contribution >= 4 is 10.9 Å². The second kappa shape index (κ2) is 4.31. The van der Waals surface area contributed by atoms with Gasteiger partial charge in [-0.3, -0.25) is 14.7 Å². The summed E-state index contributed by atoms with van der Waals surface area (Å²) < 4.78 is 15.9. The fourth-order valence-electron chi connectivity index (χ4n) is 2.61. The monoisotopic (exact) mass is 263 g/mol. The number of nitrogens with zero attached hydrogens (tertiary/aromatic N) is 2. The lowest BCUT2D eigenvalue weighted by Crippen LogP contribution is -2.44. The summed E-state index contributed by atoms with van der Waals surface area (Å²) in [5.41, 5.74) is -0.355. The Hall–Kier alpha value is -1.95. The first-order valence-corrected chi connectivity index (χ1v) is 6.24. The standard InChI is InChI=1S/C13H14FN3O2/c1-16-10-5-4-8(14)7-9(10)12(18)17(13(16)19)11-3-2-6-15-11/h4-5,7,11,15H,2-3,6H2,1H3. The second-order valence-corrected chi connectivity index (χ2v) is 4.79. The van der Waals surface area contributed by atoms with E-state index in [1.807, 2.05) is 0 Å². The van der Waals surface area contributed by atoms with Gasteiger partial charge in [0.2, 0.25) is 0 Å². The van der Waals surface area contributed by atoms with E-state index in [-0.39, 0.29) is 17.2 Å². The van der Waals surface area contributed by atoms with Gasteiger partial charge in [-0.1, -0.05) is 0 Å². The number of benzene rings is 1. The van der Waals surface area contributed by atoms with E-state index in [2.05, 4.69) is 5.32 Å². The van der Waals surface area contributed by atoms with Crippen molar-refractivity contribution < 1.29 is 4.39 Å². The van der Waals surface area contributed by atoms with Gasteiger partial charge in [0.15, 0.2) is 0 Å². The summed E-state index contributed by atoms with van der Waals surface area (Å²) >= 11 is 0. The van der Waals surface area contributed by atoms with Crippen LogP contribution in [0.1, 0.15) is 19.0 Å². The van der Waals surface area contributed by atoms with Crippen LogP contribution in [-0.2, 0) is 7.05 Å². The molecule has 1 atom stereocenters. The summed E-state index contributed by atoms with van der Waals surface area (Å²) in [5, 5.41) is 3.35. The van der Waals surface area contributed by atoms with Gasteiger partial charge in [0.05, 0.1) is 17.1 Å². The number of fused-ring (bicyclic) bond motifs is 1. The van der Waals surface area contributed by atoms with E-state index in [1.165, 1.54) is 27.3 Å². The topological polar surface area (TPSA) is 56.0 Å². The largest absolute Gasteiger partial charge is 0.332 e. The smallest absolute Gasteiger partial charge is 0.297 e. The van der Waals surface area contributed by atoms with E-state index in [4.69, 9.17) is 0 Å². The van der Waals surface area contributed by atoms with Crippen molar-refractivity contribution in [3.05, 3.63) is 44.9 Å². The second-order valence-electron chi connectivity index (χ2n) is 4.79. The Morgan fingerprint density at radius 3 is 2.84 bits per heavy atom. The normalized spacial score (nSPS) is 19.2. The third kappa shape index (κ3) is 1.79. The third-order valence-electron chi connectivity index (χ3n) is 3.61. The molecule has 0 aliphatic carbocycles. The maximum absolute atomic E-state index is 13.3. The maximum atomic E-state index is 13.3. The van der Waals surface area contributed by atoms with Crippen molar-refractivity contribution in [2.45, 2.75) is 19.0 Å². The quantitative estimate of drug-likeness (QED) is 0.825. The molecule has 5 nitrogen and oxygen atoms in total. The molecule has 100 valence electrons.